The molecule has 0 saturated carbocycles. The van der Waals surface area contributed by atoms with Gasteiger partial charge in [-0.05, 0) is 49.9 Å². The van der Waals surface area contributed by atoms with Gasteiger partial charge < -0.3 is 10.2 Å². The number of nitrogens with one attached hydrogen (secondary N) is 1. The lowest BCUT2D eigenvalue weighted by Crippen LogP contribution is -2.50. The van der Waals surface area contributed by atoms with Crippen molar-refractivity contribution in [3.8, 4) is 0 Å². The summed E-state index contributed by atoms with van der Waals surface area (Å²) < 4.78 is 5.41. The molecule has 2 saturated heterocycles. The highest BCUT2D eigenvalue weighted by molar-refractivity contribution is 7.13. The molecule has 1 aromatic heterocycles. The standard InChI is InChI=1S/C19H24N4O2S/c1-12-3-4-16-14(11-12)17(21-26-16)18(24)20-13-5-9-23(10-6-13)15-7-8-22(2)19(15)25/h3-4,11,13,15H,5-10H2,1-2H3,(H,20,24)/t15-/m0/s1. The quantitative estimate of drug-likeness (QED) is 0.895. The summed E-state index contributed by atoms with van der Waals surface area (Å²) in [7, 11) is 1.87. The van der Waals surface area contributed by atoms with Gasteiger partial charge in [-0.3, -0.25) is 14.5 Å². The average Bonchev–Trinajstić information content (AvgIpc) is 3.19. The predicted molar refractivity (Wildman–Crippen MR) is 102 cm³/mol. The van der Waals surface area contributed by atoms with Crippen LogP contribution in [0.2, 0.25) is 0 Å². The molecular formula is C19H24N4O2S. The topological polar surface area (TPSA) is 65.5 Å². The molecule has 2 amide bonds. The fraction of sp³-hybridized carbons (Fsp3) is 0.526. The summed E-state index contributed by atoms with van der Waals surface area (Å²) in [6.07, 6.45) is 2.66. The van der Waals surface area contributed by atoms with Crippen molar-refractivity contribution in [2.45, 2.75) is 38.3 Å². The number of carbonyl (C=O) groups excluding carboxylic acids is 2. The minimum absolute atomic E-state index is 0.0297. The highest BCUT2D eigenvalue weighted by Gasteiger charge is 2.36. The maximum absolute atomic E-state index is 12.7. The summed E-state index contributed by atoms with van der Waals surface area (Å²) in [5.41, 5.74) is 1.66. The van der Waals surface area contributed by atoms with E-state index in [0.717, 1.165) is 54.5 Å². The molecule has 1 N–H and O–H groups in total. The van der Waals surface area contributed by atoms with Crippen LogP contribution < -0.4 is 5.32 Å². The summed E-state index contributed by atoms with van der Waals surface area (Å²) in [5.74, 6) is 0.147. The van der Waals surface area contributed by atoms with E-state index in [1.807, 2.05) is 37.1 Å². The van der Waals surface area contributed by atoms with Crippen molar-refractivity contribution in [2.24, 2.45) is 0 Å². The zero-order valence-corrected chi connectivity index (χ0v) is 16.0. The number of rotatable bonds is 3. The van der Waals surface area contributed by atoms with Crippen LogP contribution in [-0.4, -0.2) is 64.8 Å². The van der Waals surface area contributed by atoms with Crippen LogP contribution in [-0.2, 0) is 4.79 Å². The van der Waals surface area contributed by atoms with E-state index in [2.05, 4.69) is 14.6 Å². The summed E-state index contributed by atoms with van der Waals surface area (Å²) >= 11 is 1.37. The van der Waals surface area contributed by atoms with Gasteiger partial charge in [-0.15, -0.1) is 0 Å². The largest absolute Gasteiger partial charge is 0.348 e. The molecule has 7 heteroatoms. The van der Waals surface area contributed by atoms with Crippen molar-refractivity contribution in [2.75, 3.05) is 26.7 Å². The molecule has 2 fully saturated rings. The van der Waals surface area contributed by atoms with Gasteiger partial charge in [0, 0.05) is 38.1 Å². The van der Waals surface area contributed by atoms with E-state index in [0.29, 0.717) is 5.69 Å². The van der Waals surface area contributed by atoms with Gasteiger partial charge in [0.25, 0.3) is 5.91 Å². The number of amides is 2. The highest BCUT2D eigenvalue weighted by Crippen LogP contribution is 2.25. The second kappa shape index (κ2) is 6.96. The van der Waals surface area contributed by atoms with E-state index in [-0.39, 0.29) is 23.9 Å². The molecule has 1 atom stereocenters. The van der Waals surface area contributed by atoms with Gasteiger partial charge in [0.1, 0.15) is 5.69 Å². The molecule has 0 radical (unpaired) electrons. The first-order chi connectivity index (χ1) is 12.5. The number of aryl methyl sites for hydroxylation is 1. The van der Waals surface area contributed by atoms with Gasteiger partial charge in [0.2, 0.25) is 5.91 Å². The number of hydrogen-bond donors (Lipinski definition) is 1. The molecule has 4 rings (SSSR count). The van der Waals surface area contributed by atoms with Crippen molar-refractivity contribution in [1.82, 2.24) is 19.5 Å². The van der Waals surface area contributed by atoms with E-state index in [1.165, 1.54) is 11.5 Å². The van der Waals surface area contributed by atoms with Crippen molar-refractivity contribution in [1.29, 1.82) is 0 Å². The first-order valence-electron chi connectivity index (χ1n) is 9.19. The molecule has 26 heavy (non-hydrogen) atoms. The van der Waals surface area contributed by atoms with Crippen molar-refractivity contribution < 1.29 is 9.59 Å². The minimum Gasteiger partial charge on any atom is -0.348 e. The van der Waals surface area contributed by atoms with Gasteiger partial charge in [0.15, 0.2) is 0 Å². The fourth-order valence-corrected chi connectivity index (χ4v) is 4.72. The molecule has 2 aromatic rings. The van der Waals surface area contributed by atoms with Gasteiger partial charge in [-0.1, -0.05) is 11.6 Å². The maximum atomic E-state index is 12.7. The van der Waals surface area contributed by atoms with Crippen molar-refractivity contribution >= 4 is 33.4 Å². The third-order valence-electron chi connectivity index (χ3n) is 5.55. The lowest BCUT2D eigenvalue weighted by atomic mass is 10.0. The first kappa shape index (κ1) is 17.4. The van der Waals surface area contributed by atoms with E-state index < -0.39 is 0 Å². The summed E-state index contributed by atoms with van der Waals surface area (Å²) in [4.78, 5) is 29.0. The Morgan fingerprint density at radius 2 is 2.00 bits per heavy atom. The minimum atomic E-state index is -0.0861. The summed E-state index contributed by atoms with van der Waals surface area (Å²) in [5, 5.41) is 4.08. The number of likely N-dealkylation sites (N-methyl/N-ethyl adjacent to an activating group) is 1. The normalized spacial score (nSPS) is 22.3. The molecule has 0 bridgehead atoms. The average molecular weight is 372 g/mol. The Balaban J connectivity index is 1.37. The second-order valence-corrected chi connectivity index (χ2v) is 8.18. The van der Waals surface area contributed by atoms with Crippen LogP contribution in [0.15, 0.2) is 18.2 Å². The van der Waals surface area contributed by atoms with E-state index in [9.17, 15) is 9.59 Å². The zero-order valence-electron chi connectivity index (χ0n) is 15.2. The molecule has 1 aromatic carbocycles. The fourth-order valence-electron chi connectivity index (χ4n) is 3.97. The smallest absolute Gasteiger partial charge is 0.271 e. The molecular weight excluding hydrogens is 348 g/mol. The van der Waals surface area contributed by atoms with E-state index >= 15 is 0 Å². The second-order valence-electron chi connectivity index (χ2n) is 7.38. The Kier molecular flexibility index (Phi) is 4.67. The molecule has 0 spiro atoms. The molecule has 3 heterocycles. The number of aromatic nitrogens is 1. The Morgan fingerprint density at radius 1 is 1.23 bits per heavy atom. The maximum Gasteiger partial charge on any atom is 0.271 e. The zero-order chi connectivity index (χ0) is 18.3. The van der Waals surface area contributed by atoms with Crippen LogP contribution in [0.4, 0.5) is 0 Å². The van der Waals surface area contributed by atoms with Gasteiger partial charge >= 0.3 is 0 Å². The van der Waals surface area contributed by atoms with Crippen molar-refractivity contribution in [3.63, 3.8) is 0 Å². The Hall–Kier alpha value is -1.99. The molecule has 2 aliphatic heterocycles. The van der Waals surface area contributed by atoms with Crippen LogP contribution in [0.25, 0.3) is 10.1 Å². The molecule has 2 aliphatic rings. The number of benzene rings is 1. The van der Waals surface area contributed by atoms with Crippen LogP contribution in [0, 0.1) is 6.92 Å². The lowest BCUT2D eigenvalue weighted by Gasteiger charge is -2.35. The highest BCUT2D eigenvalue weighted by atomic mass is 32.1. The Bertz CT molecular complexity index is 841. The number of nitrogens with zero attached hydrogens (tertiary/aromatic N) is 3. The van der Waals surface area contributed by atoms with Crippen LogP contribution >= 0.6 is 11.5 Å². The Morgan fingerprint density at radius 3 is 2.69 bits per heavy atom. The molecule has 0 unspecified atom stereocenters. The molecule has 6 nitrogen and oxygen atoms in total. The number of hydrogen-bond acceptors (Lipinski definition) is 5. The third-order valence-corrected chi connectivity index (χ3v) is 6.37. The van der Waals surface area contributed by atoms with E-state index in [1.54, 1.807) is 0 Å². The predicted octanol–water partition coefficient (Wildman–Crippen LogP) is 2.03. The van der Waals surface area contributed by atoms with Crippen molar-refractivity contribution in [3.05, 3.63) is 29.5 Å². The van der Waals surface area contributed by atoms with Gasteiger partial charge in [-0.2, -0.15) is 4.37 Å². The Labute approximate surface area is 157 Å². The number of likely N-dealkylation sites (tertiary alicyclic amines) is 2. The first-order valence-corrected chi connectivity index (χ1v) is 9.96. The van der Waals surface area contributed by atoms with E-state index in [4.69, 9.17) is 0 Å². The number of carbonyl (C=O) groups is 2. The lowest BCUT2D eigenvalue weighted by molar-refractivity contribution is -0.131. The third kappa shape index (κ3) is 3.21. The van der Waals surface area contributed by atoms with Crippen LogP contribution in [0.3, 0.4) is 0 Å². The van der Waals surface area contributed by atoms with Gasteiger partial charge in [0.05, 0.1) is 10.7 Å². The monoisotopic (exact) mass is 372 g/mol. The SMILES string of the molecule is Cc1ccc2snc(C(=O)NC3CCN([C@H]4CCN(C)C4=O)CC3)c2c1. The summed E-state index contributed by atoms with van der Waals surface area (Å²) in [6.45, 7) is 4.57. The van der Waals surface area contributed by atoms with Crippen LogP contribution in [0.5, 0.6) is 0 Å². The number of fused-ring (bicyclic) bond motifs is 1. The van der Waals surface area contributed by atoms with Gasteiger partial charge in [-0.25, -0.2) is 0 Å². The number of piperidine rings is 1. The summed E-state index contributed by atoms with van der Waals surface area (Å²) in [6, 6.07) is 6.27. The molecule has 0 aliphatic carbocycles. The van der Waals surface area contributed by atoms with Crippen LogP contribution in [0.1, 0.15) is 35.3 Å². The molecule has 138 valence electrons.